The summed E-state index contributed by atoms with van der Waals surface area (Å²) in [7, 11) is 0. The molecule has 168 valence electrons. The van der Waals surface area contributed by atoms with Gasteiger partial charge in [0.05, 0.1) is 11.6 Å². The average molecular weight is 458 g/mol. The number of rotatable bonds is 7. The zero-order valence-electron chi connectivity index (χ0n) is 17.8. The Labute approximate surface area is 190 Å². The number of alkyl halides is 1. The van der Waals surface area contributed by atoms with Crippen LogP contribution in [0, 0.1) is 18.8 Å². The smallest absolute Gasteiger partial charge is 0.322 e. The molecule has 5 rings (SSSR count). The van der Waals surface area contributed by atoms with Crippen molar-refractivity contribution in [2.45, 2.75) is 32.4 Å². The summed E-state index contributed by atoms with van der Waals surface area (Å²) in [6.07, 6.45) is 3.90. The lowest BCUT2D eigenvalue weighted by Crippen LogP contribution is -2.48. The molecule has 3 heterocycles. The topological polar surface area (TPSA) is 81.0 Å². The van der Waals surface area contributed by atoms with Crippen molar-refractivity contribution >= 4 is 23.4 Å². The molecule has 8 nitrogen and oxygen atoms in total. The van der Waals surface area contributed by atoms with Gasteiger partial charge in [-0.2, -0.15) is 4.98 Å². The minimum Gasteiger partial charge on any atom is -0.423 e. The molecule has 3 aromatic rings. The van der Waals surface area contributed by atoms with Crippen molar-refractivity contribution in [2.24, 2.45) is 11.8 Å². The molecule has 10 heteroatoms. The number of piperidine rings is 1. The molecule has 1 saturated carbocycles. The Hall–Kier alpha value is -2.94. The van der Waals surface area contributed by atoms with E-state index in [0.717, 1.165) is 37.4 Å². The lowest BCUT2D eigenvalue weighted by atomic mass is 9.92. The predicted molar refractivity (Wildman–Crippen MR) is 120 cm³/mol. The predicted octanol–water partition coefficient (Wildman–Crippen LogP) is 4.12. The number of anilines is 2. The molecule has 1 saturated heterocycles. The van der Waals surface area contributed by atoms with Crippen molar-refractivity contribution in [3.05, 3.63) is 47.4 Å². The molecule has 0 spiro atoms. The van der Waals surface area contributed by atoms with Gasteiger partial charge in [0, 0.05) is 30.9 Å². The van der Waals surface area contributed by atoms with E-state index in [4.69, 9.17) is 16.3 Å². The zero-order chi connectivity index (χ0) is 22.1. The van der Waals surface area contributed by atoms with Crippen LogP contribution in [0.2, 0.25) is 5.02 Å². The van der Waals surface area contributed by atoms with Gasteiger partial charge in [-0.25, -0.2) is 19.0 Å². The molecular weight excluding hydrogens is 433 g/mol. The maximum atomic E-state index is 13.1. The van der Waals surface area contributed by atoms with Crippen molar-refractivity contribution in [1.29, 1.82) is 0 Å². The molecule has 0 amide bonds. The molecule has 1 N–H and O–H groups in total. The summed E-state index contributed by atoms with van der Waals surface area (Å²) in [5.74, 6) is 2.79. The number of fused-ring (bicyclic) bond motifs is 2. The molecule has 1 aliphatic carbocycles. The number of nitrogens with zero attached hydrogens (tertiary/aromatic N) is 6. The highest BCUT2D eigenvalue weighted by molar-refractivity contribution is 6.32. The fourth-order valence-electron chi connectivity index (χ4n) is 4.72. The van der Waals surface area contributed by atoms with Crippen molar-refractivity contribution in [1.82, 2.24) is 24.7 Å². The third-order valence-corrected chi connectivity index (χ3v) is 6.53. The molecule has 2 fully saturated rings. The Morgan fingerprint density at radius 2 is 1.97 bits per heavy atom. The standard InChI is InChI=1S/C22H25ClFN7O/c1-14-10-19(26-13-25-14)30-11-15-6-7-16(12-30)20(15)27-21-28-22(31(29-21)9-8-24)32-18-5-3-2-4-17(18)23/h2-5,10,13,15-16,20H,6-9,11-12H2,1H3,(H,27,29)/t15-,16+,20-. The molecular formula is C22H25ClFN7O. The SMILES string of the molecule is Cc1cc(N2C[C@H]3CC[C@@H](C2)[C@@H]3Nc2nc(Oc3ccccc3Cl)n(CCF)n2)ncn1. The van der Waals surface area contributed by atoms with E-state index < -0.39 is 6.67 Å². The van der Waals surface area contributed by atoms with Crippen LogP contribution in [-0.4, -0.2) is 50.5 Å². The molecule has 1 aliphatic heterocycles. The second-order valence-corrected chi connectivity index (χ2v) is 8.76. The van der Waals surface area contributed by atoms with Crippen LogP contribution in [0.3, 0.4) is 0 Å². The number of hydrogen-bond donors (Lipinski definition) is 1. The Bertz CT molecular complexity index is 1080. The van der Waals surface area contributed by atoms with Crippen LogP contribution in [0.5, 0.6) is 11.8 Å². The normalized spacial score (nSPS) is 22.2. The van der Waals surface area contributed by atoms with Crippen molar-refractivity contribution in [2.75, 3.05) is 30.0 Å². The molecule has 3 atom stereocenters. The van der Waals surface area contributed by atoms with E-state index in [9.17, 15) is 4.39 Å². The summed E-state index contributed by atoms with van der Waals surface area (Å²) >= 11 is 6.20. The minimum atomic E-state index is -0.566. The maximum absolute atomic E-state index is 13.1. The molecule has 1 aromatic carbocycles. The van der Waals surface area contributed by atoms with E-state index in [1.165, 1.54) is 4.68 Å². The van der Waals surface area contributed by atoms with Crippen LogP contribution in [0.25, 0.3) is 0 Å². The van der Waals surface area contributed by atoms with Gasteiger partial charge in [-0.3, -0.25) is 0 Å². The summed E-state index contributed by atoms with van der Waals surface area (Å²) in [5, 5.41) is 8.43. The largest absolute Gasteiger partial charge is 0.423 e. The van der Waals surface area contributed by atoms with Crippen molar-refractivity contribution < 1.29 is 9.13 Å². The number of nitrogens with one attached hydrogen (secondary N) is 1. The quantitative estimate of drug-likeness (QED) is 0.571. The Morgan fingerprint density at radius 1 is 1.19 bits per heavy atom. The second kappa shape index (κ2) is 8.90. The monoisotopic (exact) mass is 457 g/mol. The van der Waals surface area contributed by atoms with Gasteiger partial charge in [0.2, 0.25) is 5.95 Å². The number of benzene rings is 1. The lowest BCUT2D eigenvalue weighted by Gasteiger charge is -2.38. The fraction of sp³-hybridized carbons (Fsp3) is 0.455. The fourth-order valence-corrected chi connectivity index (χ4v) is 4.90. The first-order valence-electron chi connectivity index (χ1n) is 10.8. The summed E-state index contributed by atoms with van der Waals surface area (Å²) < 4.78 is 20.4. The lowest BCUT2D eigenvalue weighted by molar-refractivity contribution is 0.363. The number of halogens is 2. The van der Waals surface area contributed by atoms with Gasteiger partial charge in [-0.05, 0) is 43.7 Å². The molecule has 32 heavy (non-hydrogen) atoms. The maximum Gasteiger partial charge on any atom is 0.322 e. The molecule has 2 aromatic heterocycles. The van der Waals surface area contributed by atoms with Crippen LogP contribution in [0.4, 0.5) is 16.2 Å². The van der Waals surface area contributed by atoms with Crippen molar-refractivity contribution in [3.8, 4) is 11.8 Å². The van der Waals surface area contributed by atoms with E-state index in [1.807, 2.05) is 25.1 Å². The number of aromatic nitrogens is 5. The number of hydrogen-bond acceptors (Lipinski definition) is 7. The first-order chi connectivity index (χ1) is 15.6. The molecule has 0 radical (unpaired) electrons. The summed E-state index contributed by atoms with van der Waals surface area (Å²) in [6.45, 7) is 3.31. The highest BCUT2D eigenvalue weighted by Crippen LogP contribution is 2.40. The third kappa shape index (κ3) is 4.21. The van der Waals surface area contributed by atoms with Crippen molar-refractivity contribution in [3.63, 3.8) is 0 Å². The highest BCUT2D eigenvalue weighted by atomic mass is 35.5. The van der Waals surface area contributed by atoms with Gasteiger partial charge in [0.25, 0.3) is 0 Å². The molecule has 0 unspecified atom stereocenters. The number of aryl methyl sites for hydroxylation is 2. The summed E-state index contributed by atoms with van der Waals surface area (Å²) in [6, 6.07) is 9.63. The number of ether oxygens (including phenoxy) is 1. The number of para-hydroxylation sites is 1. The van der Waals surface area contributed by atoms with Gasteiger partial charge < -0.3 is 15.0 Å². The third-order valence-electron chi connectivity index (χ3n) is 6.21. The van der Waals surface area contributed by atoms with Crippen LogP contribution >= 0.6 is 11.6 Å². The van der Waals surface area contributed by atoms with E-state index in [-0.39, 0.29) is 18.6 Å². The van der Waals surface area contributed by atoms with Gasteiger partial charge >= 0.3 is 6.01 Å². The average Bonchev–Trinajstić information content (AvgIpc) is 3.25. The van der Waals surface area contributed by atoms with Gasteiger partial charge in [0.15, 0.2) is 0 Å². The summed E-state index contributed by atoms with van der Waals surface area (Å²) in [4.78, 5) is 15.5. The van der Waals surface area contributed by atoms with Gasteiger partial charge in [-0.1, -0.05) is 23.7 Å². The summed E-state index contributed by atoms with van der Waals surface area (Å²) in [5.41, 5.74) is 0.969. The Balaban J connectivity index is 1.32. The molecule has 2 bridgehead atoms. The first kappa shape index (κ1) is 20.9. The van der Waals surface area contributed by atoms with Crippen LogP contribution in [0.1, 0.15) is 18.5 Å². The molecule has 2 aliphatic rings. The van der Waals surface area contributed by atoms with Crippen LogP contribution in [-0.2, 0) is 6.54 Å². The second-order valence-electron chi connectivity index (χ2n) is 8.35. The minimum absolute atomic E-state index is 0.0623. The van der Waals surface area contributed by atoms with Gasteiger partial charge in [-0.15, -0.1) is 5.10 Å². The van der Waals surface area contributed by atoms with Gasteiger partial charge in [0.1, 0.15) is 24.6 Å². The Kier molecular flexibility index (Phi) is 5.82. The van der Waals surface area contributed by atoms with E-state index in [1.54, 1.807) is 18.5 Å². The van der Waals surface area contributed by atoms with E-state index in [2.05, 4.69) is 30.3 Å². The first-order valence-corrected chi connectivity index (χ1v) is 11.2. The van der Waals surface area contributed by atoms with Crippen LogP contribution < -0.4 is 15.0 Å². The highest BCUT2D eigenvalue weighted by Gasteiger charge is 2.43. The van der Waals surface area contributed by atoms with E-state index in [0.29, 0.717) is 28.6 Å². The van der Waals surface area contributed by atoms with Crippen LogP contribution in [0.15, 0.2) is 36.7 Å². The zero-order valence-corrected chi connectivity index (χ0v) is 18.5. The van der Waals surface area contributed by atoms with E-state index >= 15 is 0 Å². The Morgan fingerprint density at radius 3 is 2.69 bits per heavy atom.